The first-order valence-electron chi connectivity index (χ1n) is 8.25. The summed E-state index contributed by atoms with van der Waals surface area (Å²) in [5.74, 6) is -0.106. The molecule has 0 aliphatic heterocycles. The lowest BCUT2D eigenvalue weighted by Gasteiger charge is -2.15. The van der Waals surface area contributed by atoms with Crippen LogP contribution in [0, 0.1) is 5.92 Å². The summed E-state index contributed by atoms with van der Waals surface area (Å²) in [6.07, 6.45) is 0. The molecule has 0 saturated heterocycles. The van der Waals surface area contributed by atoms with E-state index < -0.39 is 10.0 Å². The summed E-state index contributed by atoms with van der Waals surface area (Å²) in [6.45, 7) is 6.09. The van der Waals surface area contributed by atoms with Crippen LogP contribution in [0.3, 0.4) is 0 Å². The van der Waals surface area contributed by atoms with E-state index in [0.717, 1.165) is 5.56 Å². The van der Waals surface area contributed by atoms with Gasteiger partial charge >= 0.3 is 0 Å². The summed E-state index contributed by atoms with van der Waals surface area (Å²) in [6, 6.07) is 15.5. The molecule has 0 unspecified atom stereocenters. The Balaban J connectivity index is 2.14. The molecule has 2 aromatic rings. The lowest BCUT2D eigenvalue weighted by atomic mass is 10.1. The van der Waals surface area contributed by atoms with Crippen LogP contribution in [0.25, 0.3) is 0 Å². The molecule has 25 heavy (non-hydrogen) atoms. The summed E-state index contributed by atoms with van der Waals surface area (Å²) in [4.78, 5) is 12.5. The van der Waals surface area contributed by atoms with Gasteiger partial charge in [0.1, 0.15) is 0 Å². The molecule has 0 bridgehead atoms. The third kappa shape index (κ3) is 5.41. The van der Waals surface area contributed by atoms with Gasteiger partial charge in [-0.15, -0.1) is 0 Å². The standard InChI is InChI=1S/C19H24N2O3S/c1-14(2)13-20-25(23,24)18-11-7-10-17(12-18)19(22)21-15(3)16-8-5-4-6-9-16/h4-12,14-15,20H,13H2,1-3H3,(H,21,22)/t15-/m1/s1. The molecule has 6 heteroatoms. The molecule has 2 rings (SSSR count). The van der Waals surface area contributed by atoms with Crippen LogP contribution in [0.5, 0.6) is 0 Å². The number of hydrogen-bond donors (Lipinski definition) is 2. The average Bonchev–Trinajstić information content (AvgIpc) is 2.61. The number of benzene rings is 2. The van der Waals surface area contributed by atoms with E-state index in [9.17, 15) is 13.2 Å². The van der Waals surface area contributed by atoms with Gasteiger partial charge in [-0.25, -0.2) is 13.1 Å². The highest BCUT2D eigenvalue weighted by molar-refractivity contribution is 7.89. The monoisotopic (exact) mass is 360 g/mol. The van der Waals surface area contributed by atoms with E-state index in [1.807, 2.05) is 51.1 Å². The van der Waals surface area contributed by atoms with Crippen LogP contribution < -0.4 is 10.0 Å². The molecule has 0 aliphatic rings. The fourth-order valence-corrected chi connectivity index (χ4v) is 3.53. The zero-order chi connectivity index (χ0) is 18.4. The highest BCUT2D eigenvalue weighted by atomic mass is 32.2. The average molecular weight is 360 g/mol. The first kappa shape index (κ1) is 19.1. The van der Waals surface area contributed by atoms with E-state index in [4.69, 9.17) is 0 Å². The van der Waals surface area contributed by atoms with E-state index in [2.05, 4.69) is 10.0 Å². The molecule has 0 spiro atoms. The van der Waals surface area contributed by atoms with E-state index in [1.165, 1.54) is 12.1 Å². The summed E-state index contributed by atoms with van der Waals surface area (Å²) >= 11 is 0. The lowest BCUT2D eigenvalue weighted by Crippen LogP contribution is -2.29. The molecule has 134 valence electrons. The molecular weight excluding hydrogens is 336 g/mol. The van der Waals surface area contributed by atoms with Crippen LogP contribution in [0.2, 0.25) is 0 Å². The van der Waals surface area contributed by atoms with Gasteiger partial charge in [0.15, 0.2) is 0 Å². The van der Waals surface area contributed by atoms with Crippen LogP contribution >= 0.6 is 0 Å². The Morgan fingerprint density at radius 1 is 1.00 bits per heavy atom. The molecule has 1 atom stereocenters. The van der Waals surface area contributed by atoms with Gasteiger partial charge in [0, 0.05) is 12.1 Å². The van der Waals surface area contributed by atoms with E-state index in [0.29, 0.717) is 12.1 Å². The maximum atomic E-state index is 12.4. The first-order chi connectivity index (χ1) is 11.8. The molecule has 2 aromatic carbocycles. The van der Waals surface area contributed by atoms with Crippen LogP contribution in [0.15, 0.2) is 59.5 Å². The molecule has 0 aliphatic carbocycles. The molecule has 0 fully saturated rings. The van der Waals surface area contributed by atoms with E-state index >= 15 is 0 Å². The fraction of sp³-hybridized carbons (Fsp3) is 0.316. The van der Waals surface area contributed by atoms with Crippen molar-refractivity contribution in [1.29, 1.82) is 0 Å². The number of sulfonamides is 1. The van der Waals surface area contributed by atoms with Crippen molar-refractivity contribution in [3.8, 4) is 0 Å². The maximum absolute atomic E-state index is 12.4. The molecule has 0 heterocycles. The van der Waals surface area contributed by atoms with Crippen molar-refractivity contribution in [1.82, 2.24) is 10.0 Å². The predicted octanol–water partition coefficient (Wildman–Crippen LogP) is 3.11. The van der Waals surface area contributed by atoms with Crippen LogP contribution in [0.1, 0.15) is 42.7 Å². The van der Waals surface area contributed by atoms with Gasteiger partial charge in [-0.05, 0) is 36.6 Å². The third-order valence-electron chi connectivity index (χ3n) is 3.74. The SMILES string of the molecule is CC(C)CNS(=O)(=O)c1cccc(C(=O)N[C@H](C)c2ccccc2)c1. The van der Waals surface area contributed by atoms with Gasteiger partial charge in [-0.1, -0.05) is 50.2 Å². The van der Waals surface area contributed by atoms with Crippen molar-refractivity contribution < 1.29 is 13.2 Å². The van der Waals surface area contributed by atoms with Crippen molar-refractivity contribution in [2.24, 2.45) is 5.92 Å². The Kier molecular flexibility index (Phi) is 6.33. The smallest absolute Gasteiger partial charge is 0.251 e. The molecule has 1 amide bonds. The quantitative estimate of drug-likeness (QED) is 0.797. The van der Waals surface area contributed by atoms with Gasteiger partial charge in [-0.3, -0.25) is 4.79 Å². The molecule has 0 radical (unpaired) electrons. The summed E-state index contributed by atoms with van der Waals surface area (Å²) in [5.41, 5.74) is 1.30. The summed E-state index contributed by atoms with van der Waals surface area (Å²) in [7, 11) is -3.62. The van der Waals surface area contributed by atoms with E-state index in [1.54, 1.807) is 12.1 Å². The lowest BCUT2D eigenvalue weighted by molar-refractivity contribution is 0.0939. The predicted molar refractivity (Wildman–Crippen MR) is 98.8 cm³/mol. The van der Waals surface area contributed by atoms with Gasteiger partial charge < -0.3 is 5.32 Å². The minimum absolute atomic E-state index is 0.0909. The maximum Gasteiger partial charge on any atom is 0.251 e. The Bertz CT molecular complexity index is 818. The third-order valence-corrected chi connectivity index (χ3v) is 5.16. The molecule has 0 saturated carbocycles. The Morgan fingerprint density at radius 3 is 2.32 bits per heavy atom. The number of hydrogen-bond acceptors (Lipinski definition) is 3. The zero-order valence-electron chi connectivity index (χ0n) is 14.7. The molecule has 2 N–H and O–H groups in total. The van der Waals surface area contributed by atoms with Gasteiger partial charge in [-0.2, -0.15) is 0 Å². The van der Waals surface area contributed by atoms with Gasteiger partial charge in [0.25, 0.3) is 5.91 Å². The van der Waals surface area contributed by atoms with Crippen molar-refractivity contribution in [2.45, 2.75) is 31.7 Å². The Hall–Kier alpha value is -2.18. The van der Waals surface area contributed by atoms with Crippen molar-refractivity contribution in [2.75, 3.05) is 6.54 Å². The van der Waals surface area contributed by atoms with Crippen molar-refractivity contribution >= 4 is 15.9 Å². The Morgan fingerprint density at radius 2 is 1.68 bits per heavy atom. The number of rotatable bonds is 7. The second-order valence-corrected chi connectivity index (χ2v) is 8.15. The molecular formula is C19H24N2O3S. The highest BCUT2D eigenvalue weighted by Gasteiger charge is 2.17. The highest BCUT2D eigenvalue weighted by Crippen LogP contribution is 2.15. The number of nitrogens with one attached hydrogen (secondary N) is 2. The van der Waals surface area contributed by atoms with Gasteiger partial charge in [0.05, 0.1) is 10.9 Å². The fourth-order valence-electron chi connectivity index (χ4n) is 2.27. The van der Waals surface area contributed by atoms with Crippen LogP contribution in [-0.2, 0) is 10.0 Å². The van der Waals surface area contributed by atoms with Gasteiger partial charge in [0.2, 0.25) is 10.0 Å². The Labute approximate surface area is 149 Å². The van der Waals surface area contributed by atoms with Crippen LogP contribution in [-0.4, -0.2) is 20.9 Å². The second-order valence-electron chi connectivity index (χ2n) is 6.38. The van der Waals surface area contributed by atoms with Crippen molar-refractivity contribution in [3.05, 3.63) is 65.7 Å². The molecule has 5 nitrogen and oxygen atoms in total. The largest absolute Gasteiger partial charge is 0.346 e. The topological polar surface area (TPSA) is 75.3 Å². The van der Waals surface area contributed by atoms with E-state index in [-0.39, 0.29) is 22.8 Å². The summed E-state index contributed by atoms with van der Waals surface area (Å²) in [5, 5.41) is 2.89. The zero-order valence-corrected chi connectivity index (χ0v) is 15.5. The second kappa shape index (κ2) is 8.27. The number of carbonyl (C=O) groups is 1. The first-order valence-corrected chi connectivity index (χ1v) is 9.73. The molecule has 0 aromatic heterocycles. The number of carbonyl (C=O) groups excluding carboxylic acids is 1. The normalized spacial score (nSPS) is 12.8. The number of amides is 1. The van der Waals surface area contributed by atoms with Crippen molar-refractivity contribution in [3.63, 3.8) is 0 Å². The van der Waals surface area contributed by atoms with Crippen LogP contribution in [0.4, 0.5) is 0 Å². The minimum atomic E-state index is -3.62. The minimum Gasteiger partial charge on any atom is -0.346 e. The summed E-state index contributed by atoms with van der Waals surface area (Å²) < 4.78 is 27.2.